The van der Waals surface area contributed by atoms with Crippen molar-refractivity contribution in [2.24, 2.45) is 11.1 Å². The molecule has 154 valence electrons. The van der Waals surface area contributed by atoms with Gasteiger partial charge in [-0.15, -0.1) is 0 Å². The summed E-state index contributed by atoms with van der Waals surface area (Å²) in [6, 6.07) is 14.7. The van der Waals surface area contributed by atoms with Gasteiger partial charge in [0.25, 0.3) is 0 Å². The molecular weight excluding hydrogens is 381 g/mol. The number of nitrogens with zero attached hydrogens (tertiary/aromatic N) is 2. The van der Waals surface area contributed by atoms with Crippen molar-refractivity contribution in [3.05, 3.63) is 71.3 Å². The molecule has 3 rings (SSSR count). The van der Waals surface area contributed by atoms with E-state index >= 15 is 0 Å². The topological polar surface area (TPSA) is 41.9 Å². The van der Waals surface area contributed by atoms with Gasteiger partial charge in [0.15, 0.2) is 6.10 Å². The Hall–Kier alpha value is -2.83. The van der Waals surface area contributed by atoms with Crippen LogP contribution in [0.25, 0.3) is 0 Å². The molecule has 0 aliphatic carbocycles. The lowest BCUT2D eigenvalue weighted by Crippen LogP contribution is -2.39. The second-order valence-corrected chi connectivity index (χ2v) is 7.41. The maximum Gasteiger partial charge on any atom is 0.416 e. The molecule has 4 nitrogen and oxygen atoms in total. The van der Waals surface area contributed by atoms with Gasteiger partial charge in [0.2, 0.25) is 5.91 Å². The van der Waals surface area contributed by atoms with Crippen molar-refractivity contribution < 1.29 is 22.8 Å². The molecule has 1 amide bonds. The predicted molar refractivity (Wildman–Crippen MR) is 104 cm³/mol. The minimum absolute atomic E-state index is 0.0848. The van der Waals surface area contributed by atoms with Gasteiger partial charge in [-0.05, 0) is 23.3 Å². The van der Waals surface area contributed by atoms with E-state index in [4.69, 9.17) is 4.84 Å². The van der Waals surface area contributed by atoms with Crippen LogP contribution < -0.4 is 0 Å². The Labute approximate surface area is 168 Å². The lowest BCUT2D eigenvalue weighted by molar-refractivity contribution is -0.137. The molecule has 2 aromatic rings. The van der Waals surface area contributed by atoms with Crippen molar-refractivity contribution in [3.63, 3.8) is 0 Å². The number of carbonyl (C=O) groups excluding carboxylic acids is 1. The normalized spacial score (nSPS) is 16.5. The number of alkyl halides is 3. The first-order valence-electron chi connectivity index (χ1n) is 9.47. The number of carbonyl (C=O) groups is 1. The van der Waals surface area contributed by atoms with Crippen molar-refractivity contribution in [1.82, 2.24) is 4.90 Å². The molecule has 0 unspecified atom stereocenters. The summed E-state index contributed by atoms with van der Waals surface area (Å²) < 4.78 is 39.0. The number of hydrogen-bond donors (Lipinski definition) is 0. The van der Waals surface area contributed by atoms with Gasteiger partial charge in [-0.3, -0.25) is 4.79 Å². The van der Waals surface area contributed by atoms with Crippen LogP contribution in [0.4, 0.5) is 13.2 Å². The third-order valence-electron chi connectivity index (χ3n) is 4.70. The standard InChI is InChI=1S/C22H23F3N2O2/c1-15(2)21(28)27(13-16-7-6-10-18(11-16)22(23,24)25)14-19-12-20(26-29-19)17-8-4-3-5-9-17/h3-11,15,19H,12-14H2,1-2H3/t19-/m1/s1. The minimum Gasteiger partial charge on any atom is -0.390 e. The first-order chi connectivity index (χ1) is 13.7. The van der Waals surface area contributed by atoms with Gasteiger partial charge in [-0.2, -0.15) is 13.2 Å². The smallest absolute Gasteiger partial charge is 0.390 e. The van der Waals surface area contributed by atoms with Crippen LogP contribution in [-0.2, 0) is 22.4 Å². The molecule has 0 saturated heterocycles. The van der Waals surface area contributed by atoms with E-state index < -0.39 is 11.7 Å². The maximum atomic E-state index is 13.0. The molecular formula is C22H23F3N2O2. The molecule has 0 bridgehead atoms. The highest BCUT2D eigenvalue weighted by atomic mass is 19.4. The third-order valence-corrected chi connectivity index (χ3v) is 4.70. The van der Waals surface area contributed by atoms with Crippen molar-refractivity contribution >= 4 is 11.6 Å². The van der Waals surface area contributed by atoms with E-state index in [-0.39, 0.29) is 31.0 Å². The number of benzene rings is 2. The zero-order chi connectivity index (χ0) is 21.0. The molecule has 0 spiro atoms. The molecule has 2 aromatic carbocycles. The van der Waals surface area contributed by atoms with Gasteiger partial charge in [0.1, 0.15) is 0 Å². The number of rotatable bonds is 6. The second kappa shape index (κ2) is 8.68. The number of hydrogen-bond acceptors (Lipinski definition) is 3. The van der Waals surface area contributed by atoms with Gasteiger partial charge in [0, 0.05) is 18.9 Å². The van der Waals surface area contributed by atoms with Gasteiger partial charge in [-0.25, -0.2) is 0 Å². The molecule has 0 aromatic heterocycles. The zero-order valence-corrected chi connectivity index (χ0v) is 16.3. The van der Waals surface area contributed by atoms with Gasteiger partial charge >= 0.3 is 6.18 Å². The van der Waals surface area contributed by atoms with Crippen LogP contribution in [0.15, 0.2) is 59.8 Å². The number of halogens is 3. The predicted octanol–water partition coefficient (Wildman–Crippen LogP) is 4.88. The third kappa shape index (κ3) is 5.37. The summed E-state index contributed by atoms with van der Waals surface area (Å²) in [6.45, 7) is 3.88. The fourth-order valence-electron chi connectivity index (χ4n) is 3.24. The molecule has 0 radical (unpaired) electrons. The summed E-state index contributed by atoms with van der Waals surface area (Å²) in [4.78, 5) is 19.7. The van der Waals surface area contributed by atoms with Crippen molar-refractivity contribution in [1.29, 1.82) is 0 Å². The molecule has 1 aliphatic rings. The zero-order valence-electron chi connectivity index (χ0n) is 16.3. The lowest BCUT2D eigenvalue weighted by Gasteiger charge is -2.27. The van der Waals surface area contributed by atoms with Gasteiger partial charge in [-0.1, -0.05) is 61.5 Å². The van der Waals surface area contributed by atoms with E-state index in [0.29, 0.717) is 12.0 Å². The van der Waals surface area contributed by atoms with Crippen LogP contribution in [0.1, 0.15) is 37.0 Å². The van der Waals surface area contributed by atoms with Crippen LogP contribution in [0, 0.1) is 5.92 Å². The van der Waals surface area contributed by atoms with Crippen molar-refractivity contribution in [3.8, 4) is 0 Å². The average molecular weight is 404 g/mol. The van der Waals surface area contributed by atoms with Gasteiger partial charge in [0.05, 0.1) is 17.8 Å². The number of amides is 1. The van der Waals surface area contributed by atoms with Crippen LogP contribution in [0.3, 0.4) is 0 Å². The van der Waals surface area contributed by atoms with Crippen LogP contribution in [0.2, 0.25) is 0 Å². The van der Waals surface area contributed by atoms with Gasteiger partial charge < -0.3 is 9.74 Å². The van der Waals surface area contributed by atoms with E-state index in [2.05, 4.69) is 5.16 Å². The SMILES string of the molecule is CC(C)C(=O)N(Cc1cccc(C(F)(F)F)c1)C[C@H]1CC(c2ccccc2)=NO1. The Kier molecular flexibility index (Phi) is 6.25. The molecule has 0 saturated carbocycles. The van der Waals surface area contributed by atoms with E-state index in [0.717, 1.165) is 23.4 Å². The van der Waals surface area contributed by atoms with E-state index in [1.54, 1.807) is 24.8 Å². The van der Waals surface area contributed by atoms with Crippen LogP contribution in [-0.4, -0.2) is 29.2 Å². The van der Waals surface area contributed by atoms with E-state index in [9.17, 15) is 18.0 Å². The fraction of sp³-hybridized carbons (Fsp3) is 0.364. The molecule has 29 heavy (non-hydrogen) atoms. The lowest BCUT2D eigenvalue weighted by atomic mass is 10.0. The van der Waals surface area contributed by atoms with Crippen molar-refractivity contribution in [2.75, 3.05) is 6.54 Å². The summed E-state index contributed by atoms with van der Waals surface area (Å²) in [5, 5.41) is 4.13. The molecule has 7 heteroatoms. The van der Waals surface area contributed by atoms with Crippen molar-refractivity contribution in [2.45, 2.75) is 39.1 Å². The summed E-state index contributed by atoms with van der Waals surface area (Å²) >= 11 is 0. The largest absolute Gasteiger partial charge is 0.416 e. The molecule has 1 heterocycles. The summed E-state index contributed by atoms with van der Waals surface area (Å²) in [5.41, 5.74) is 1.45. The monoisotopic (exact) mass is 404 g/mol. The Morgan fingerprint density at radius 2 is 1.90 bits per heavy atom. The van der Waals surface area contributed by atoms with Crippen LogP contribution >= 0.6 is 0 Å². The fourth-order valence-corrected chi connectivity index (χ4v) is 3.24. The molecule has 1 atom stereocenters. The summed E-state index contributed by atoms with van der Waals surface area (Å²) in [5.74, 6) is -0.420. The average Bonchev–Trinajstić information content (AvgIpc) is 3.16. The highest BCUT2D eigenvalue weighted by molar-refractivity contribution is 6.01. The Balaban J connectivity index is 1.72. The first-order valence-corrected chi connectivity index (χ1v) is 9.47. The van der Waals surface area contributed by atoms with Crippen LogP contribution in [0.5, 0.6) is 0 Å². The Morgan fingerprint density at radius 1 is 1.17 bits per heavy atom. The molecule has 0 fully saturated rings. The molecule has 1 aliphatic heterocycles. The quantitative estimate of drug-likeness (QED) is 0.688. The minimum atomic E-state index is -4.42. The van der Waals surface area contributed by atoms with E-state index in [1.165, 1.54) is 6.07 Å². The highest BCUT2D eigenvalue weighted by Gasteiger charge is 2.31. The maximum absolute atomic E-state index is 13.0. The summed E-state index contributed by atoms with van der Waals surface area (Å²) in [6.07, 6.45) is -4.22. The summed E-state index contributed by atoms with van der Waals surface area (Å²) in [7, 11) is 0. The first kappa shape index (κ1) is 20.9. The Morgan fingerprint density at radius 3 is 2.55 bits per heavy atom. The Bertz CT molecular complexity index is 879. The second-order valence-electron chi connectivity index (χ2n) is 7.41. The molecule has 0 N–H and O–H groups in total. The highest BCUT2D eigenvalue weighted by Crippen LogP contribution is 2.30. The number of oxime groups is 1. The van der Waals surface area contributed by atoms with E-state index in [1.807, 2.05) is 30.3 Å².